The molecular weight excluding hydrogens is 587 g/mol. The van der Waals surface area contributed by atoms with Crippen molar-refractivity contribution < 1.29 is 14.4 Å². The van der Waals surface area contributed by atoms with Crippen molar-refractivity contribution in [3.8, 4) is 0 Å². The van der Waals surface area contributed by atoms with E-state index in [1.165, 1.54) is 0 Å². The van der Waals surface area contributed by atoms with E-state index in [1.807, 2.05) is 54.3 Å². The predicted octanol–water partition coefficient (Wildman–Crippen LogP) is 4.83. The third-order valence-corrected chi connectivity index (χ3v) is 8.43. The fraction of sp³-hybridized carbons (Fsp3) is 0.312. The van der Waals surface area contributed by atoms with E-state index in [-0.39, 0.29) is 43.0 Å². The monoisotopic (exact) mass is 620 g/mol. The quantitative estimate of drug-likeness (QED) is 0.247. The number of halogens is 2. The molecule has 0 bridgehead atoms. The largest absolute Gasteiger partial charge is 0.336 e. The standard InChI is InChI=1S/C32H34Cl2N6O3/c1-20-18-40(31(43)28(35)16-24-8-9-25(33)17-27(24)34)26(10-11-29(41)38-32-36-12-13-37-32)19-39(20)30(42)15-21-6-7-22-4-2-3-5-23(22)14-21/h2-9,12-14,17,20,26,28H,10-11,15-16,18-19,35H2,1H3,(H2,36,37,38,41)/t20-,26?,28-/m1/s1. The molecule has 0 aliphatic carbocycles. The summed E-state index contributed by atoms with van der Waals surface area (Å²) in [7, 11) is 0. The Morgan fingerprint density at radius 3 is 2.58 bits per heavy atom. The minimum atomic E-state index is -0.856. The van der Waals surface area contributed by atoms with Gasteiger partial charge in [0.15, 0.2) is 0 Å². The normalized spacial score (nSPS) is 17.6. The zero-order valence-corrected chi connectivity index (χ0v) is 25.3. The summed E-state index contributed by atoms with van der Waals surface area (Å²) in [5.41, 5.74) is 8.07. The van der Waals surface area contributed by atoms with Crippen LogP contribution in [0.1, 0.15) is 30.9 Å². The highest BCUT2D eigenvalue weighted by atomic mass is 35.5. The van der Waals surface area contributed by atoms with Crippen LogP contribution in [0.5, 0.6) is 0 Å². The van der Waals surface area contributed by atoms with E-state index >= 15 is 0 Å². The van der Waals surface area contributed by atoms with Crippen LogP contribution in [0.15, 0.2) is 73.1 Å². The van der Waals surface area contributed by atoms with Crippen molar-refractivity contribution >= 4 is 57.6 Å². The molecule has 1 aliphatic heterocycles. The number of piperazine rings is 1. The Kier molecular flexibility index (Phi) is 9.65. The van der Waals surface area contributed by atoms with Crippen LogP contribution in [0.4, 0.5) is 5.95 Å². The number of hydrogen-bond donors (Lipinski definition) is 3. The summed E-state index contributed by atoms with van der Waals surface area (Å²) in [6.07, 6.45) is 4.12. The zero-order chi connectivity index (χ0) is 30.5. The van der Waals surface area contributed by atoms with Gasteiger partial charge in [-0.15, -0.1) is 0 Å². The van der Waals surface area contributed by atoms with Gasteiger partial charge in [0.1, 0.15) is 0 Å². The molecule has 43 heavy (non-hydrogen) atoms. The molecule has 224 valence electrons. The van der Waals surface area contributed by atoms with Crippen LogP contribution >= 0.6 is 23.2 Å². The number of nitrogens with two attached hydrogens (primary N) is 1. The number of nitrogens with one attached hydrogen (secondary N) is 2. The third-order valence-electron chi connectivity index (χ3n) is 7.85. The summed E-state index contributed by atoms with van der Waals surface area (Å²) >= 11 is 12.4. The van der Waals surface area contributed by atoms with Gasteiger partial charge in [-0.2, -0.15) is 0 Å². The van der Waals surface area contributed by atoms with Gasteiger partial charge < -0.3 is 20.5 Å². The first-order valence-electron chi connectivity index (χ1n) is 14.2. The molecule has 0 saturated carbocycles. The van der Waals surface area contributed by atoms with E-state index in [1.54, 1.807) is 35.5 Å². The van der Waals surface area contributed by atoms with Gasteiger partial charge in [-0.3, -0.25) is 19.7 Å². The zero-order valence-electron chi connectivity index (χ0n) is 23.8. The lowest BCUT2D eigenvalue weighted by Crippen LogP contribution is -2.63. The highest BCUT2D eigenvalue weighted by molar-refractivity contribution is 6.35. The summed E-state index contributed by atoms with van der Waals surface area (Å²) in [6, 6.07) is 17.7. The number of amides is 3. The minimum absolute atomic E-state index is 0.0304. The molecule has 1 unspecified atom stereocenters. The molecule has 1 saturated heterocycles. The van der Waals surface area contributed by atoms with Crippen LogP contribution in [0.3, 0.4) is 0 Å². The summed E-state index contributed by atoms with van der Waals surface area (Å²) < 4.78 is 0. The van der Waals surface area contributed by atoms with Gasteiger partial charge in [-0.05, 0) is 53.8 Å². The van der Waals surface area contributed by atoms with Crippen molar-refractivity contribution in [2.45, 2.75) is 50.7 Å². The number of aromatic nitrogens is 2. The van der Waals surface area contributed by atoms with Crippen LogP contribution in [-0.2, 0) is 27.2 Å². The number of anilines is 1. The second-order valence-corrected chi connectivity index (χ2v) is 11.8. The van der Waals surface area contributed by atoms with E-state index in [0.717, 1.165) is 21.9 Å². The number of benzene rings is 3. The van der Waals surface area contributed by atoms with E-state index in [9.17, 15) is 14.4 Å². The maximum Gasteiger partial charge on any atom is 0.240 e. The topological polar surface area (TPSA) is 124 Å². The number of nitrogens with zero attached hydrogens (tertiary/aromatic N) is 3. The Morgan fingerprint density at radius 2 is 1.84 bits per heavy atom. The molecule has 3 atom stereocenters. The summed E-state index contributed by atoms with van der Waals surface area (Å²) in [5.74, 6) is -0.176. The third kappa shape index (κ3) is 7.54. The summed E-state index contributed by atoms with van der Waals surface area (Å²) in [6.45, 7) is 2.52. The second-order valence-electron chi connectivity index (χ2n) is 11.0. The van der Waals surface area contributed by atoms with Crippen molar-refractivity contribution in [2.24, 2.45) is 5.73 Å². The second kappa shape index (κ2) is 13.6. The van der Waals surface area contributed by atoms with Crippen LogP contribution in [0, 0.1) is 0 Å². The molecule has 4 N–H and O–H groups in total. The van der Waals surface area contributed by atoms with Crippen molar-refractivity contribution in [1.82, 2.24) is 19.8 Å². The van der Waals surface area contributed by atoms with Crippen molar-refractivity contribution in [3.63, 3.8) is 0 Å². The van der Waals surface area contributed by atoms with Gasteiger partial charge in [-0.25, -0.2) is 4.98 Å². The number of H-pyrrole nitrogens is 1. The molecule has 11 heteroatoms. The van der Waals surface area contributed by atoms with Gasteiger partial charge >= 0.3 is 0 Å². The molecule has 4 aromatic rings. The van der Waals surface area contributed by atoms with E-state index < -0.39 is 12.1 Å². The van der Waals surface area contributed by atoms with Gasteiger partial charge in [0.25, 0.3) is 0 Å². The number of carbonyl (C=O) groups excluding carboxylic acids is 3. The fourth-order valence-electron chi connectivity index (χ4n) is 5.58. The van der Waals surface area contributed by atoms with Crippen LogP contribution in [0.2, 0.25) is 10.0 Å². The first kappa shape index (κ1) is 30.5. The van der Waals surface area contributed by atoms with Crippen molar-refractivity contribution in [2.75, 3.05) is 18.4 Å². The van der Waals surface area contributed by atoms with Crippen molar-refractivity contribution in [3.05, 3.63) is 94.2 Å². The lowest BCUT2D eigenvalue weighted by molar-refractivity contribution is -0.147. The van der Waals surface area contributed by atoms with Crippen molar-refractivity contribution in [1.29, 1.82) is 0 Å². The molecule has 9 nitrogen and oxygen atoms in total. The molecule has 3 aromatic carbocycles. The molecule has 1 aliphatic rings. The van der Waals surface area contributed by atoms with E-state index in [2.05, 4.69) is 15.3 Å². The molecule has 1 fully saturated rings. The number of carbonyl (C=O) groups is 3. The van der Waals surface area contributed by atoms with Crippen LogP contribution < -0.4 is 11.1 Å². The molecule has 0 spiro atoms. The van der Waals surface area contributed by atoms with E-state index in [0.29, 0.717) is 35.5 Å². The molecule has 2 heterocycles. The lowest BCUT2D eigenvalue weighted by atomic mass is 9.98. The Balaban J connectivity index is 1.31. The maximum absolute atomic E-state index is 13.7. The van der Waals surface area contributed by atoms with Crippen LogP contribution in [-0.4, -0.2) is 68.7 Å². The van der Waals surface area contributed by atoms with Crippen LogP contribution in [0.25, 0.3) is 10.8 Å². The smallest absolute Gasteiger partial charge is 0.240 e. The van der Waals surface area contributed by atoms with Gasteiger partial charge in [0, 0.05) is 54.0 Å². The number of imidazole rings is 1. The SMILES string of the molecule is C[C@@H]1CN(C(=O)[C@H](N)Cc2ccc(Cl)cc2Cl)C(CCC(=O)Nc2ncc[nH]2)CN1C(=O)Cc1ccc2ccccc2c1. The highest BCUT2D eigenvalue weighted by Crippen LogP contribution is 2.25. The Morgan fingerprint density at radius 1 is 1.05 bits per heavy atom. The Labute approximate surface area is 260 Å². The van der Waals surface area contributed by atoms with Gasteiger partial charge in [0.2, 0.25) is 23.7 Å². The van der Waals surface area contributed by atoms with Gasteiger partial charge in [-0.1, -0.05) is 71.7 Å². The average molecular weight is 622 g/mol. The number of aromatic amines is 1. The minimum Gasteiger partial charge on any atom is -0.336 e. The maximum atomic E-state index is 13.7. The molecule has 3 amide bonds. The fourth-order valence-corrected chi connectivity index (χ4v) is 6.06. The molecule has 0 radical (unpaired) electrons. The number of fused-ring (bicyclic) bond motifs is 1. The highest BCUT2D eigenvalue weighted by Gasteiger charge is 2.38. The number of rotatable bonds is 9. The molecule has 1 aromatic heterocycles. The summed E-state index contributed by atoms with van der Waals surface area (Å²) in [5, 5.41) is 5.86. The first-order valence-corrected chi connectivity index (χ1v) is 15.0. The lowest BCUT2D eigenvalue weighted by Gasteiger charge is -2.46. The van der Waals surface area contributed by atoms with Gasteiger partial charge in [0.05, 0.1) is 12.5 Å². The van der Waals surface area contributed by atoms with E-state index in [4.69, 9.17) is 28.9 Å². The Bertz CT molecular complexity index is 1610. The average Bonchev–Trinajstić information content (AvgIpc) is 3.50. The summed E-state index contributed by atoms with van der Waals surface area (Å²) in [4.78, 5) is 50.5. The molecule has 5 rings (SSSR count). The predicted molar refractivity (Wildman–Crippen MR) is 169 cm³/mol. The number of hydrogen-bond acceptors (Lipinski definition) is 5. The molecular formula is C32H34Cl2N6O3. The Hall–Kier alpha value is -3.92. The first-order chi connectivity index (χ1) is 20.7.